The van der Waals surface area contributed by atoms with E-state index in [2.05, 4.69) is 0 Å². The Morgan fingerprint density at radius 1 is 0.950 bits per heavy atom. The van der Waals surface area contributed by atoms with E-state index in [0.29, 0.717) is 6.61 Å². The lowest BCUT2D eigenvalue weighted by molar-refractivity contribution is 0.367. The molecule has 0 fully saturated rings. The lowest BCUT2D eigenvalue weighted by Crippen LogP contribution is -2.18. The van der Waals surface area contributed by atoms with E-state index in [1.54, 1.807) is 0 Å². The van der Waals surface area contributed by atoms with Gasteiger partial charge in [-0.2, -0.15) is 0 Å². The van der Waals surface area contributed by atoms with Crippen molar-refractivity contribution in [1.29, 1.82) is 0 Å². The van der Waals surface area contributed by atoms with E-state index in [-0.39, 0.29) is 0 Å². The van der Waals surface area contributed by atoms with Gasteiger partial charge in [-0.05, 0) is 38.1 Å². The SMILES string of the molecule is CC(C)=CCOP(=O)(c1ccccc1)c1ccccc1. The van der Waals surface area contributed by atoms with Gasteiger partial charge in [0, 0.05) is 10.6 Å². The van der Waals surface area contributed by atoms with Crippen molar-refractivity contribution in [2.24, 2.45) is 0 Å². The fraction of sp³-hybridized carbons (Fsp3) is 0.176. The van der Waals surface area contributed by atoms with Gasteiger partial charge in [0.15, 0.2) is 0 Å². The van der Waals surface area contributed by atoms with Crippen LogP contribution in [0, 0.1) is 0 Å². The highest BCUT2D eigenvalue weighted by atomic mass is 31.2. The van der Waals surface area contributed by atoms with Gasteiger partial charge in [-0.15, -0.1) is 0 Å². The maximum absolute atomic E-state index is 13.3. The predicted octanol–water partition coefficient (Wildman–Crippen LogP) is 3.90. The smallest absolute Gasteiger partial charge is 0.261 e. The fourth-order valence-electron chi connectivity index (χ4n) is 1.86. The Hall–Kier alpha value is -1.63. The third-order valence-corrected chi connectivity index (χ3v) is 5.41. The molecule has 0 N–H and O–H groups in total. The van der Waals surface area contributed by atoms with E-state index in [4.69, 9.17) is 4.52 Å². The van der Waals surface area contributed by atoms with Gasteiger partial charge in [0.05, 0.1) is 6.61 Å². The van der Waals surface area contributed by atoms with Crippen molar-refractivity contribution in [2.75, 3.05) is 6.61 Å². The van der Waals surface area contributed by atoms with Crippen LogP contribution in [0.4, 0.5) is 0 Å². The van der Waals surface area contributed by atoms with Crippen molar-refractivity contribution in [3.8, 4) is 0 Å². The zero-order valence-corrected chi connectivity index (χ0v) is 12.7. The summed E-state index contributed by atoms with van der Waals surface area (Å²) in [6.45, 7) is 4.35. The van der Waals surface area contributed by atoms with Crippen LogP contribution in [0.15, 0.2) is 72.3 Å². The molecule has 2 aromatic rings. The standard InChI is InChI=1S/C17H19O2P/c1-15(2)13-14-19-20(18,16-9-5-3-6-10-16)17-11-7-4-8-12-17/h3-13H,14H2,1-2H3. The molecule has 0 aliphatic carbocycles. The maximum Gasteiger partial charge on any atom is 0.261 e. The summed E-state index contributed by atoms with van der Waals surface area (Å²) >= 11 is 0. The van der Waals surface area contributed by atoms with Gasteiger partial charge in [-0.3, -0.25) is 4.57 Å². The van der Waals surface area contributed by atoms with Gasteiger partial charge >= 0.3 is 0 Å². The van der Waals surface area contributed by atoms with Gasteiger partial charge < -0.3 is 4.52 Å². The molecule has 0 radical (unpaired) electrons. The molecule has 20 heavy (non-hydrogen) atoms. The second-order valence-electron chi connectivity index (χ2n) is 4.80. The molecule has 0 heterocycles. The third-order valence-electron chi connectivity index (χ3n) is 2.94. The first kappa shape index (κ1) is 14.8. The lowest BCUT2D eigenvalue weighted by Gasteiger charge is -2.18. The van der Waals surface area contributed by atoms with Crippen LogP contribution < -0.4 is 10.6 Å². The Labute approximate surface area is 120 Å². The molecule has 0 aliphatic heterocycles. The largest absolute Gasteiger partial charge is 0.318 e. The van der Waals surface area contributed by atoms with E-state index in [9.17, 15) is 4.57 Å². The number of hydrogen-bond acceptors (Lipinski definition) is 2. The zero-order valence-electron chi connectivity index (χ0n) is 11.8. The quantitative estimate of drug-likeness (QED) is 0.615. The molecule has 0 aromatic heterocycles. The van der Waals surface area contributed by atoms with Gasteiger partial charge in [-0.25, -0.2) is 0 Å². The highest BCUT2D eigenvalue weighted by Gasteiger charge is 2.27. The minimum Gasteiger partial charge on any atom is -0.318 e. The van der Waals surface area contributed by atoms with Crippen LogP contribution in [0.3, 0.4) is 0 Å². The van der Waals surface area contributed by atoms with E-state index >= 15 is 0 Å². The van der Waals surface area contributed by atoms with E-state index < -0.39 is 7.37 Å². The van der Waals surface area contributed by atoms with Crippen LogP contribution in [0.2, 0.25) is 0 Å². The molecule has 2 aromatic carbocycles. The zero-order chi connectivity index (χ0) is 14.4. The lowest BCUT2D eigenvalue weighted by atomic mass is 10.3. The molecule has 0 amide bonds. The summed E-state index contributed by atoms with van der Waals surface area (Å²) in [5, 5.41) is 1.46. The van der Waals surface area contributed by atoms with Crippen LogP contribution in [0.25, 0.3) is 0 Å². The van der Waals surface area contributed by atoms with Crippen LogP contribution in [0.1, 0.15) is 13.8 Å². The molecule has 3 heteroatoms. The van der Waals surface area contributed by atoms with Crippen molar-refractivity contribution in [2.45, 2.75) is 13.8 Å². The fourth-order valence-corrected chi connectivity index (χ4v) is 3.87. The summed E-state index contributed by atoms with van der Waals surface area (Å²) in [6, 6.07) is 18.8. The van der Waals surface area contributed by atoms with Crippen molar-refractivity contribution in [3.63, 3.8) is 0 Å². The number of rotatable bonds is 5. The van der Waals surface area contributed by atoms with Gasteiger partial charge in [-0.1, -0.05) is 48.0 Å². The molecule has 0 bridgehead atoms. The molecule has 2 nitrogen and oxygen atoms in total. The van der Waals surface area contributed by atoms with Gasteiger partial charge in [0.2, 0.25) is 0 Å². The first-order chi connectivity index (χ1) is 9.63. The Morgan fingerprint density at radius 3 is 1.80 bits per heavy atom. The topological polar surface area (TPSA) is 26.3 Å². The molecule has 104 valence electrons. The Balaban J connectivity index is 2.39. The molecule has 0 saturated heterocycles. The van der Waals surface area contributed by atoms with Crippen LogP contribution in [-0.4, -0.2) is 6.61 Å². The van der Waals surface area contributed by atoms with Crippen molar-refractivity contribution in [1.82, 2.24) is 0 Å². The van der Waals surface area contributed by atoms with E-state index in [1.165, 1.54) is 0 Å². The summed E-state index contributed by atoms with van der Waals surface area (Å²) in [5.74, 6) is 0. The Bertz CT molecular complexity index is 570. The number of hydrogen-bond donors (Lipinski definition) is 0. The highest BCUT2D eigenvalue weighted by molar-refractivity contribution is 7.74. The average Bonchev–Trinajstić information content (AvgIpc) is 2.48. The third kappa shape index (κ3) is 3.47. The molecule has 0 saturated carbocycles. The van der Waals surface area contributed by atoms with Crippen LogP contribution in [-0.2, 0) is 9.09 Å². The summed E-state index contributed by atoms with van der Waals surface area (Å²) in [4.78, 5) is 0. The van der Waals surface area contributed by atoms with Gasteiger partial charge in [0.25, 0.3) is 7.37 Å². The second kappa shape index (κ2) is 6.69. The van der Waals surface area contributed by atoms with Crippen molar-refractivity contribution < 1.29 is 9.09 Å². The van der Waals surface area contributed by atoms with Gasteiger partial charge in [0.1, 0.15) is 0 Å². The number of allylic oxidation sites excluding steroid dienone is 1. The average molecular weight is 286 g/mol. The maximum atomic E-state index is 13.3. The second-order valence-corrected chi connectivity index (χ2v) is 7.19. The van der Waals surface area contributed by atoms with Crippen LogP contribution in [0.5, 0.6) is 0 Å². The molecule has 2 rings (SSSR count). The van der Waals surface area contributed by atoms with Crippen molar-refractivity contribution >= 4 is 18.0 Å². The molecular weight excluding hydrogens is 267 g/mol. The first-order valence-electron chi connectivity index (χ1n) is 6.62. The molecule has 0 aliphatic rings. The molecular formula is C17H19O2P. The number of benzene rings is 2. The van der Waals surface area contributed by atoms with Crippen LogP contribution >= 0.6 is 7.37 Å². The molecule has 0 spiro atoms. The Morgan fingerprint density at radius 2 is 1.40 bits per heavy atom. The summed E-state index contributed by atoms with van der Waals surface area (Å²) < 4.78 is 19.1. The normalized spacial score (nSPS) is 11.1. The van der Waals surface area contributed by atoms with E-state index in [0.717, 1.165) is 16.2 Å². The minimum atomic E-state index is -3.02. The summed E-state index contributed by atoms with van der Waals surface area (Å²) in [7, 11) is -3.02. The monoisotopic (exact) mass is 286 g/mol. The summed E-state index contributed by atoms with van der Waals surface area (Å²) in [6.07, 6.45) is 1.94. The molecule has 0 unspecified atom stereocenters. The molecule has 0 atom stereocenters. The summed E-state index contributed by atoms with van der Waals surface area (Å²) in [5.41, 5.74) is 1.15. The van der Waals surface area contributed by atoms with Crippen molar-refractivity contribution in [3.05, 3.63) is 72.3 Å². The highest BCUT2D eigenvalue weighted by Crippen LogP contribution is 2.44. The predicted molar refractivity (Wildman–Crippen MR) is 85.1 cm³/mol. The minimum absolute atomic E-state index is 0.351. The first-order valence-corrected chi connectivity index (χ1v) is 8.24. The Kier molecular flexibility index (Phi) is 4.94. The van der Waals surface area contributed by atoms with E-state index in [1.807, 2.05) is 80.6 Å².